The van der Waals surface area contributed by atoms with Crippen LogP contribution in [0.3, 0.4) is 0 Å². The van der Waals surface area contributed by atoms with Crippen LogP contribution in [-0.4, -0.2) is 24.6 Å². The fourth-order valence-electron chi connectivity index (χ4n) is 2.71. The van der Waals surface area contributed by atoms with Crippen molar-refractivity contribution in [3.05, 3.63) is 66.5 Å². The molecule has 0 radical (unpaired) electrons. The van der Waals surface area contributed by atoms with Crippen LogP contribution in [0.1, 0.15) is 5.69 Å². The van der Waals surface area contributed by atoms with Gasteiger partial charge in [0.25, 0.3) is 0 Å². The Balaban J connectivity index is 2.03. The molecule has 0 saturated carbocycles. The Morgan fingerprint density at radius 3 is 2.25 bits per heavy atom. The Morgan fingerprint density at radius 2 is 1.54 bits per heavy atom. The largest absolute Gasteiger partial charge is 0.508 e. The van der Waals surface area contributed by atoms with Gasteiger partial charge in [0.15, 0.2) is 5.65 Å². The molecule has 2 aromatic heterocycles. The number of aromatic nitrogens is 3. The van der Waals surface area contributed by atoms with Crippen LogP contribution in [-0.2, 0) is 0 Å². The Morgan fingerprint density at radius 1 is 0.833 bits per heavy atom. The van der Waals surface area contributed by atoms with Crippen molar-refractivity contribution in [1.29, 1.82) is 0 Å². The SMILES string of the molecule is Cc1nc2c(-c3ccc(O)cc3)nc(-c3ccccc3)cn2c1O. The lowest BCUT2D eigenvalue weighted by atomic mass is 10.1. The minimum Gasteiger partial charge on any atom is -0.508 e. The van der Waals surface area contributed by atoms with Crippen molar-refractivity contribution < 1.29 is 10.2 Å². The van der Waals surface area contributed by atoms with E-state index in [1.807, 2.05) is 30.3 Å². The summed E-state index contributed by atoms with van der Waals surface area (Å²) < 4.78 is 1.65. The number of aromatic hydroxyl groups is 2. The maximum absolute atomic E-state index is 10.3. The highest BCUT2D eigenvalue weighted by Crippen LogP contribution is 2.31. The van der Waals surface area contributed by atoms with Crippen molar-refractivity contribution in [2.24, 2.45) is 0 Å². The first-order valence-electron chi connectivity index (χ1n) is 7.57. The first-order valence-corrected chi connectivity index (χ1v) is 7.57. The van der Waals surface area contributed by atoms with Gasteiger partial charge in [0.2, 0.25) is 5.88 Å². The summed E-state index contributed by atoms with van der Waals surface area (Å²) in [5.74, 6) is 0.293. The minimum atomic E-state index is 0.101. The monoisotopic (exact) mass is 317 g/mol. The Hall–Kier alpha value is -3.34. The second-order valence-electron chi connectivity index (χ2n) is 5.60. The molecule has 0 amide bonds. The second kappa shape index (κ2) is 5.38. The highest BCUT2D eigenvalue weighted by molar-refractivity contribution is 5.78. The van der Waals surface area contributed by atoms with E-state index < -0.39 is 0 Å². The summed E-state index contributed by atoms with van der Waals surface area (Å²) in [7, 11) is 0. The molecule has 0 saturated heterocycles. The first-order chi connectivity index (χ1) is 11.6. The Bertz CT molecular complexity index is 1020. The molecule has 0 fully saturated rings. The van der Waals surface area contributed by atoms with E-state index >= 15 is 0 Å². The molecular weight excluding hydrogens is 302 g/mol. The molecule has 0 unspecified atom stereocenters. The Labute approximate surface area is 138 Å². The van der Waals surface area contributed by atoms with Crippen molar-refractivity contribution in [3.8, 4) is 34.1 Å². The molecule has 0 aliphatic heterocycles. The molecule has 5 heteroatoms. The second-order valence-corrected chi connectivity index (χ2v) is 5.60. The van der Waals surface area contributed by atoms with Crippen molar-refractivity contribution in [1.82, 2.24) is 14.4 Å². The van der Waals surface area contributed by atoms with E-state index in [1.54, 1.807) is 41.8 Å². The van der Waals surface area contributed by atoms with Crippen LogP contribution in [0, 0.1) is 6.92 Å². The van der Waals surface area contributed by atoms with E-state index in [1.165, 1.54) is 0 Å². The number of aryl methyl sites for hydroxylation is 1. The van der Waals surface area contributed by atoms with Crippen LogP contribution in [0.15, 0.2) is 60.8 Å². The van der Waals surface area contributed by atoms with E-state index in [2.05, 4.69) is 4.98 Å². The van der Waals surface area contributed by atoms with Gasteiger partial charge in [0, 0.05) is 17.3 Å². The number of fused-ring (bicyclic) bond motifs is 1. The number of hydrogen-bond acceptors (Lipinski definition) is 4. The molecule has 4 rings (SSSR count). The zero-order valence-electron chi connectivity index (χ0n) is 13.0. The van der Waals surface area contributed by atoms with E-state index in [0.29, 0.717) is 17.0 Å². The quantitative estimate of drug-likeness (QED) is 0.590. The van der Waals surface area contributed by atoms with Gasteiger partial charge in [0.1, 0.15) is 17.1 Å². The predicted octanol–water partition coefficient (Wildman–Crippen LogP) is 3.78. The number of hydrogen-bond donors (Lipinski definition) is 2. The molecule has 5 nitrogen and oxygen atoms in total. The van der Waals surface area contributed by atoms with Crippen LogP contribution < -0.4 is 0 Å². The molecule has 118 valence electrons. The van der Waals surface area contributed by atoms with Crippen LogP contribution in [0.25, 0.3) is 28.2 Å². The third-order valence-electron chi connectivity index (χ3n) is 3.96. The van der Waals surface area contributed by atoms with Gasteiger partial charge in [-0.3, -0.25) is 4.40 Å². The van der Waals surface area contributed by atoms with Gasteiger partial charge in [-0.25, -0.2) is 9.97 Å². The maximum Gasteiger partial charge on any atom is 0.219 e. The fourth-order valence-corrected chi connectivity index (χ4v) is 2.71. The summed E-state index contributed by atoms with van der Waals surface area (Å²) in [6.07, 6.45) is 1.78. The van der Waals surface area contributed by atoms with Gasteiger partial charge in [0.05, 0.1) is 5.69 Å². The molecule has 2 heterocycles. The molecule has 0 aliphatic carbocycles. The van der Waals surface area contributed by atoms with E-state index in [4.69, 9.17) is 4.98 Å². The van der Waals surface area contributed by atoms with Crippen LogP contribution in [0.4, 0.5) is 0 Å². The minimum absolute atomic E-state index is 0.101. The molecule has 4 aromatic rings. The standard InChI is InChI=1S/C19H15N3O2/c1-12-19(24)22-11-16(13-5-3-2-4-6-13)21-17(18(22)20-12)14-7-9-15(23)10-8-14/h2-11,23-24H,1H3. The molecule has 2 N–H and O–H groups in total. The molecule has 0 aliphatic rings. The van der Waals surface area contributed by atoms with Crippen molar-refractivity contribution >= 4 is 5.65 Å². The van der Waals surface area contributed by atoms with Gasteiger partial charge in [-0.2, -0.15) is 0 Å². The summed E-state index contributed by atoms with van der Waals surface area (Å²) in [6, 6.07) is 16.6. The molecule has 0 spiro atoms. The smallest absolute Gasteiger partial charge is 0.219 e. The number of phenolic OH excluding ortho intramolecular Hbond substituents is 1. The summed E-state index contributed by atoms with van der Waals surface area (Å²) in [4.78, 5) is 9.18. The van der Waals surface area contributed by atoms with Gasteiger partial charge in [-0.1, -0.05) is 30.3 Å². The van der Waals surface area contributed by atoms with Crippen molar-refractivity contribution in [2.45, 2.75) is 6.92 Å². The lowest BCUT2D eigenvalue weighted by Gasteiger charge is -2.08. The van der Waals surface area contributed by atoms with Crippen LogP contribution >= 0.6 is 0 Å². The van der Waals surface area contributed by atoms with Crippen LogP contribution in [0.5, 0.6) is 11.6 Å². The van der Waals surface area contributed by atoms with Gasteiger partial charge in [-0.05, 0) is 31.2 Å². The lowest BCUT2D eigenvalue weighted by Crippen LogP contribution is -1.96. The maximum atomic E-state index is 10.3. The average molecular weight is 317 g/mol. The van der Waals surface area contributed by atoms with Crippen LogP contribution in [0.2, 0.25) is 0 Å². The topological polar surface area (TPSA) is 70.7 Å². The number of nitrogens with zero attached hydrogens (tertiary/aromatic N) is 3. The van der Waals surface area contributed by atoms with Gasteiger partial charge in [-0.15, -0.1) is 0 Å². The average Bonchev–Trinajstić information content (AvgIpc) is 2.90. The molecule has 0 bridgehead atoms. The fraction of sp³-hybridized carbons (Fsp3) is 0.0526. The number of imidazole rings is 1. The third-order valence-corrected chi connectivity index (χ3v) is 3.96. The Kier molecular flexibility index (Phi) is 3.20. The van der Waals surface area contributed by atoms with Gasteiger partial charge >= 0.3 is 0 Å². The number of phenols is 1. The zero-order valence-corrected chi connectivity index (χ0v) is 13.0. The summed E-state index contributed by atoms with van der Waals surface area (Å²) in [6.45, 7) is 1.76. The van der Waals surface area contributed by atoms with Gasteiger partial charge < -0.3 is 10.2 Å². The third kappa shape index (κ3) is 2.27. The van der Waals surface area contributed by atoms with Crippen molar-refractivity contribution in [3.63, 3.8) is 0 Å². The summed E-state index contributed by atoms with van der Waals surface area (Å²) in [5, 5.41) is 19.8. The highest BCUT2D eigenvalue weighted by atomic mass is 16.3. The molecule has 24 heavy (non-hydrogen) atoms. The number of rotatable bonds is 2. The van der Waals surface area contributed by atoms with Crippen molar-refractivity contribution in [2.75, 3.05) is 0 Å². The van der Waals surface area contributed by atoms with E-state index in [9.17, 15) is 10.2 Å². The summed E-state index contributed by atoms with van der Waals surface area (Å²) in [5.41, 5.74) is 4.28. The zero-order chi connectivity index (χ0) is 16.7. The predicted molar refractivity (Wildman–Crippen MR) is 91.9 cm³/mol. The normalized spacial score (nSPS) is 11.0. The molecular formula is C19H15N3O2. The van der Waals surface area contributed by atoms with E-state index in [-0.39, 0.29) is 11.6 Å². The highest BCUT2D eigenvalue weighted by Gasteiger charge is 2.16. The van der Waals surface area contributed by atoms with E-state index in [0.717, 1.165) is 16.8 Å². The number of benzene rings is 2. The molecule has 0 atom stereocenters. The molecule has 2 aromatic carbocycles. The first kappa shape index (κ1) is 14.3. The summed E-state index contributed by atoms with van der Waals surface area (Å²) >= 11 is 0. The lowest BCUT2D eigenvalue weighted by molar-refractivity contribution is 0.444.